The zero-order valence-electron chi connectivity index (χ0n) is 20.3. The number of benzene rings is 2. The van der Waals surface area contributed by atoms with Gasteiger partial charge in [0.2, 0.25) is 0 Å². The summed E-state index contributed by atoms with van der Waals surface area (Å²) in [4.78, 5) is 17.0. The molecule has 0 radical (unpaired) electrons. The Labute approximate surface area is 213 Å². The summed E-state index contributed by atoms with van der Waals surface area (Å²) in [6, 6.07) is 15.2. The number of rotatable bonds is 8. The number of fused-ring (bicyclic) bond motifs is 1. The molecule has 186 valence electrons. The molecule has 0 fully saturated rings. The number of methoxy groups -OCH3 is 1. The summed E-state index contributed by atoms with van der Waals surface area (Å²) in [5.41, 5.74) is 11.3. The number of aryl methyl sites for hydroxylation is 1. The fourth-order valence-electron chi connectivity index (χ4n) is 4.19. The van der Waals surface area contributed by atoms with E-state index in [0.717, 1.165) is 33.5 Å². The third kappa shape index (κ3) is 4.53. The second kappa shape index (κ2) is 9.96. The SMILES string of the molecule is C=CC(O)Nc1ccc(-c2c(-c3ccc(Oc4ncccn4)c(OC)c3)c3c(N)ncnc3n2C)cc1. The van der Waals surface area contributed by atoms with Gasteiger partial charge in [-0.15, -0.1) is 0 Å². The number of aliphatic hydroxyl groups excluding tert-OH is 1. The van der Waals surface area contributed by atoms with Crippen molar-refractivity contribution in [2.75, 3.05) is 18.2 Å². The lowest BCUT2D eigenvalue weighted by molar-refractivity contribution is 0.253. The largest absolute Gasteiger partial charge is 0.493 e. The molecular formula is C27H25N7O3. The lowest BCUT2D eigenvalue weighted by Gasteiger charge is -2.14. The minimum atomic E-state index is -0.844. The number of hydrogen-bond acceptors (Lipinski definition) is 9. The fourth-order valence-corrected chi connectivity index (χ4v) is 4.19. The van der Waals surface area contributed by atoms with Crippen LogP contribution in [0, 0.1) is 0 Å². The highest BCUT2D eigenvalue weighted by Gasteiger charge is 2.23. The van der Waals surface area contributed by atoms with Crippen LogP contribution in [0.25, 0.3) is 33.4 Å². The van der Waals surface area contributed by atoms with Crippen molar-refractivity contribution in [3.05, 3.63) is 79.9 Å². The topological polar surface area (TPSA) is 133 Å². The van der Waals surface area contributed by atoms with Crippen LogP contribution in [0.1, 0.15) is 0 Å². The smallest absolute Gasteiger partial charge is 0.321 e. The number of nitrogen functional groups attached to an aromatic ring is 1. The van der Waals surface area contributed by atoms with Gasteiger partial charge in [-0.05, 0) is 47.5 Å². The first-order valence-electron chi connectivity index (χ1n) is 11.4. The van der Waals surface area contributed by atoms with E-state index in [1.54, 1.807) is 31.6 Å². The van der Waals surface area contributed by atoms with Crippen LogP contribution in [-0.4, -0.2) is 42.9 Å². The van der Waals surface area contributed by atoms with Crippen LogP contribution < -0.4 is 20.5 Å². The van der Waals surface area contributed by atoms with Gasteiger partial charge >= 0.3 is 6.01 Å². The van der Waals surface area contributed by atoms with Crippen LogP contribution in [0.2, 0.25) is 0 Å². The Morgan fingerprint density at radius 3 is 2.46 bits per heavy atom. The van der Waals surface area contributed by atoms with Crippen molar-refractivity contribution in [3.8, 4) is 39.9 Å². The van der Waals surface area contributed by atoms with Crippen molar-refractivity contribution in [3.63, 3.8) is 0 Å². The highest BCUT2D eigenvalue weighted by Crippen LogP contribution is 2.44. The second-order valence-electron chi connectivity index (χ2n) is 8.14. The molecule has 0 aliphatic carbocycles. The Hall–Kier alpha value is -4.96. The molecule has 3 aromatic heterocycles. The van der Waals surface area contributed by atoms with Gasteiger partial charge in [-0.3, -0.25) is 0 Å². The van der Waals surface area contributed by atoms with Crippen LogP contribution >= 0.6 is 0 Å². The van der Waals surface area contributed by atoms with E-state index < -0.39 is 6.23 Å². The molecule has 5 rings (SSSR count). The van der Waals surface area contributed by atoms with Gasteiger partial charge < -0.3 is 30.2 Å². The van der Waals surface area contributed by atoms with Crippen molar-refractivity contribution >= 4 is 22.5 Å². The number of nitrogens with two attached hydrogens (primary N) is 1. The molecule has 1 atom stereocenters. The Bertz CT molecular complexity index is 1570. The van der Waals surface area contributed by atoms with Gasteiger partial charge in [0.1, 0.15) is 24.0 Å². The third-order valence-corrected chi connectivity index (χ3v) is 5.89. The molecule has 0 bridgehead atoms. The first-order chi connectivity index (χ1) is 18.0. The zero-order valence-corrected chi connectivity index (χ0v) is 20.3. The average molecular weight is 496 g/mol. The maximum absolute atomic E-state index is 9.83. The van der Waals surface area contributed by atoms with Crippen molar-refractivity contribution in [1.82, 2.24) is 24.5 Å². The van der Waals surface area contributed by atoms with E-state index >= 15 is 0 Å². The number of nitrogens with zero attached hydrogens (tertiary/aromatic N) is 5. The third-order valence-electron chi connectivity index (χ3n) is 5.89. The summed E-state index contributed by atoms with van der Waals surface area (Å²) >= 11 is 0. The Morgan fingerprint density at radius 1 is 1.03 bits per heavy atom. The number of ether oxygens (including phenoxy) is 2. The summed E-state index contributed by atoms with van der Waals surface area (Å²) in [5, 5.41) is 13.5. The molecule has 1 unspecified atom stereocenters. The number of hydrogen-bond donors (Lipinski definition) is 3. The molecular weight excluding hydrogens is 470 g/mol. The van der Waals surface area contributed by atoms with Crippen LogP contribution in [0.5, 0.6) is 17.5 Å². The molecule has 37 heavy (non-hydrogen) atoms. The Kier molecular flexibility index (Phi) is 6.40. The minimum absolute atomic E-state index is 0.215. The molecule has 0 saturated heterocycles. The maximum Gasteiger partial charge on any atom is 0.321 e. The maximum atomic E-state index is 9.83. The van der Waals surface area contributed by atoms with E-state index in [9.17, 15) is 5.11 Å². The van der Waals surface area contributed by atoms with Gasteiger partial charge in [0.15, 0.2) is 11.5 Å². The molecule has 3 heterocycles. The summed E-state index contributed by atoms with van der Waals surface area (Å²) in [6.45, 7) is 3.59. The summed E-state index contributed by atoms with van der Waals surface area (Å²) in [5.74, 6) is 1.34. The standard InChI is InChI=1S/C27H25N7O3/c1-4-21(35)33-18-9-6-16(7-10-18)24-22(23-25(28)31-15-32-26(23)34(24)2)17-8-11-19(20(14-17)36-3)37-27-29-12-5-13-30-27/h4-15,21,33,35H,1H2,2-3H3,(H2,28,31,32). The van der Waals surface area contributed by atoms with Gasteiger partial charge in [-0.2, -0.15) is 0 Å². The van der Waals surface area contributed by atoms with E-state index in [-0.39, 0.29) is 6.01 Å². The van der Waals surface area contributed by atoms with Crippen molar-refractivity contribution in [2.24, 2.45) is 7.05 Å². The van der Waals surface area contributed by atoms with Crippen LogP contribution in [0.3, 0.4) is 0 Å². The second-order valence-corrected chi connectivity index (χ2v) is 8.14. The molecule has 10 nitrogen and oxygen atoms in total. The highest BCUT2D eigenvalue weighted by molar-refractivity contribution is 6.08. The monoisotopic (exact) mass is 495 g/mol. The van der Waals surface area contributed by atoms with Crippen molar-refractivity contribution in [2.45, 2.75) is 6.23 Å². The number of anilines is 2. The van der Waals surface area contributed by atoms with Gasteiger partial charge in [-0.25, -0.2) is 19.9 Å². The van der Waals surface area contributed by atoms with E-state index in [0.29, 0.717) is 23.0 Å². The first-order valence-corrected chi connectivity index (χ1v) is 11.4. The Balaban J connectivity index is 1.65. The number of aromatic nitrogens is 5. The molecule has 0 aliphatic heterocycles. The molecule has 5 aromatic rings. The van der Waals surface area contributed by atoms with Gasteiger partial charge in [0, 0.05) is 30.7 Å². The summed E-state index contributed by atoms with van der Waals surface area (Å²) in [6.07, 6.45) is 5.23. The molecule has 4 N–H and O–H groups in total. The van der Waals surface area contributed by atoms with Crippen LogP contribution in [0.15, 0.2) is 79.9 Å². The summed E-state index contributed by atoms with van der Waals surface area (Å²) in [7, 11) is 3.51. The summed E-state index contributed by atoms with van der Waals surface area (Å²) < 4.78 is 13.5. The zero-order chi connectivity index (χ0) is 25.9. The molecule has 10 heteroatoms. The lowest BCUT2D eigenvalue weighted by atomic mass is 9.98. The van der Waals surface area contributed by atoms with E-state index in [1.807, 2.05) is 48.0 Å². The number of aliphatic hydroxyl groups is 1. The van der Waals surface area contributed by atoms with E-state index in [4.69, 9.17) is 15.2 Å². The minimum Gasteiger partial charge on any atom is -0.493 e. The quantitative estimate of drug-likeness (QED) is 0.212. The van der Waals surface area contributed by atoms with Crippen molar-refractivity contribution < 1.29 is 14.6 Å². The predicted octanol–water partition coefficient (Wildman–Crippen LogP) is 4.39. The van der Waals surface area contributed by atoms with Crippen LogP contribution in [-0.2, 0) is 7.05 Å². The average Bonchev–Trinajstić information content (AvgIpc) is 3.23. The van der Waals surface area contributed by atoms with Gasteiger partial charge in [-0.1, -0.05) is 24.8 Å². The molecule has 0 spiro atoms. The van der Waals surface area contributed by atoms with Crippen LogP contribution in [0.4, 0.5) is 11.5 Å². The van der Waals surface area contributed by atoms with Gasteiger partial charge in [0.25, 0.3) is 0 Å². The number of nitrogens with one attached hydrogen (secondary N) is 1. The van der Waals surface area contributed by atoms with Gasteiger partial charge in [0.05, 0.1) is 18.2 Å². The normalized spacial score (nSPS) is 11.8. The Morgan fingerprint density at radius 2 is 1.76 bits per heavy atom. The molecule has 2 aromatic carbocycles. The highest BCUT2D eigenvalue weighted by atomic mass is 16.5. The lowest BCUT2D eigenvalue weighted by Crippen LogP contribution is -2.14. The fraction of sp³-hybridized carbons (Fsp3) is 0.111. The van der Waals surface area contributed by atoms with Crippen molar-refractivity contribution in [1.29, 1.82) is 0 Å². The van der Waals surface area contributed by atoms with E-state index in [2.05, 4.69) is 31.8 Å². The molecule has 0 saturated carbocycles. The van der Waals surface area contributed by atoms with E-state index in [1.165, 1.54) is 12.4 Å². The predicted molar refractivity (Wildman–Crippen MR) is 142 cm³/mol. The molecule has 0 amide bonds. The first kappa shape index (κ1) is 23.8. The molecule has 0 aliphatic rings.